The van der Waals surface area contributed by atoms with E-state index < -0.39 is 0 Å². The van der Waals surface area contributed by atoms with E-state index in [2.05, 4.69) is 5.32 Å². The molecule has 0 aromatic heterocycles. The molecule has 18 heavy (non-hydrogen) atoms. The summed E-state index contributed by atoms with van der Waals surface area (Å²) in [5.74, 6) is 0.164. The summed E-state index contributed by atoms with van der Waals surface area (Å²) in [5, 5.41) is 2.85. The van der Waals surface area contributed by atoms with Gasteiger partial charge in [0, 0.05) is 20.1 Å². The van der Waals surface area contributed by atoms with Crippen LogP contribution < -0.4 is 11.1 Å². The Hall–Kier alpha value is -1.55. The van der Waals surface area contributed by atoms with E-state index in [1.54, 1.807) is 7.11 Å². The predicted octanol–water partition coefficient (Wildman–Crippen LogP) is 2.50. The average molecular weight is 250 g/mol. The first kappa shape index (κ1) is 14.5. The van der Waals surface area contributed by atoms with Gasteiger partial charge in [0.15, 0.2) is 0 Å². The highest BCUT2D eigenvalue weighted by atomic mass is 16.5. The van der Waals surface area contributed by atoms with Gasteiger partial charge in [-0.25, -0.2) is 0 Å². The Bertz CT molecular complexity index is 430. The number of nitrogen functional groups attached to an aromatic ring is 1. The van der Waals surface area contributed by atoms with Crippen LogP contribution in [0.25, 0.3) is 0 Å². The maximum atomic E-state index is 11.8. The molecule has 1 unspecified atom stereocenters. The fourth-order valence-corrected chi connectivity index (χ4v) is 1.81. The van der Waals surface area contributed by atoms with Gasteiger partial charge in [-0.05, 0) is 43.0 Å². The van der Waals surface area contributed by atoms with Crippen LogP contribution in [-0.2, 0) is 9.53 Å². The van der Waals surface area contributed by atoms with Crippen LogP contribution in [0.5, 0.6) is 0 Å². The molecule has 0 bridgehead atoms. The third-order valence-electron chi connectivity index (χ3n) is 2.92. The fraction of sp³-hybridized carbons (Fsp3) is 0.500. The number of aryl methyl sites for hydroxylation is 2. The monoisotopic (exact) mass is 250 g/mol. The largest absolute Gasteiger partial charge is 0.397 e. The van der Waals surface area contributed by atoms with Crippen LogP contribution >= 0.6 is 0 Å². The molecule has 1 aromatic rings. The van der Waals surface area contributed by atoms with Crippen LogP contribution in [0.4, 0.5) is 11.4 Å². The van der Waals surface area contributed by atoms with E-state index in [0.29, 0.717) is 24.4 Å². The van der Waals surface area contributed by atoms with Gasteiger partial charge in [-0.15, -0.1) is 0 Å². The van der Waals surface area contributed by atoms with Crippen molar-refractivity contribution in [2.75, 3.05) is 24.8 Å². The summed E-state index contributed by atoms with van der Waals surface area (Å²) in [6.07, 6.45) is 0.431. The predicted molar refractivity (Wildman–Crippen MR) is 74.6 cm³/mol. The smallest absolute Gasteiger partial charge is 0.224 e. The molecule has 1 amide bonds. The van der Waals surface area contributed by atoms with Crippen LogP contribution in [0, 0.1) is 19.8 Å². The van der Waals surface area contributed by atoms with Crippen molar-refractivity contribution >= 4 is 17.3 Å². The zero-order valence-corrected chi connectivity index (χ0v) is 11.5. The number of carbonyl (C=O) groups excluding carboxylic acids is 1. The number of benzene rings is 1. The van der Waals surface area contributed by atoms with Gasteiger partial charge in [0.25, 0.3) is 0 Å². The number of rotatable bonds is 5. The minimum atomic E-state index is -0.0329. The molecular weight excluding hydrogens is 228 g/mol. The maximum Gasteiger partial charge on any atom is 0.224 e. The van der Waals surface area contributed by atoms with Gasteiger partial charge in [-0.3, -0.25) is 4.79 Å². The number of amides is 1. The van der Waals surface area contributed by atoms with Gasteiger partial charge >= 0.3 is 0 Å². The van der Waals surface area contributed by atoms with E-state index in [9.17, 15) is 4.79 Å². The highest BCUT2D eigenvalue weighted by Crippen LogP contribution is 2.23. The summed E-state index contributed by atoms with van der Waals surface area (Å²) < 4.78 is 5.01. The Balaban J connectivity index is 2.67. The molecular formula is C14H22N2O2. The van der Waals surface area contributed by atoms with Crippen molar-refractivity contribution in [3.05, 3.63) is 23.3 Å². The van der Waals surface area contributed by atoms with E-state index in [-0.39, 0.29) is 11.8 Å². The summed E-state index contributed by atoms with van der Waals surface area (Å²) >= 11 is 0. The molecule has 4 heteroatoms. The third-order valence-corrected chi connectivity index (χ3v) is 2.92. The van der Waals surface area contributed by atoms with Crippen molar-refractivity contribution < 1.29 is 9.53 Å². The molecule has 0 aliphatic carbocycles. The molecule has 0 radical (unpaired) electrons. The van der Waals surface area contributed by atoms with E-state index in [0.717, 1.165) is 11.1 Å². The first-order valence-corrected chi connectivity index (χ1v) is 6.09. The Labute approximate surface area is 109 Å². The highest BCUT2D eigenvalue weighted by Gasteiger charge is 2.11. The Kier molecular flexibility index (Phi) is 5.16. The first-order valence-electron chi connectivity index (χ1n) is 6.09. The normalized spacial score (nSPS) is 12.2. The molecule has 1 atom stereocenters. The molecule has 1 aromatic carbocycles. The molecule has 3 N–H and O–H groups in total. The van der Waals surface area contributed by atoms with Crippen LogP contribution in [0.15, 0.2) is 12.1 Å². The van der Waals surface area contributed by atoms with E-state index in [4.69, 9.17) is 10.5 Å². The second kappa shape index (κ2) is 6.40. The Morgan fingerprint density at radius 1 is 1.39 bits per heavy atom. The van der Waals surface area contributed by atoms with Crippen molar-refractivity contribution in [3.8, 4) is 0 Å². The van der Waals surface area contributed by atoms with E-state index in [1.807, 2.05) is 32.9 Å². The zero-order valence-electron chi connectivity index (χ0n) is 11.5. The fourth-order valence-electron chi connectivity index (χ4n) is 1.81. The Morgan fingerprint density at radius 3 is 2.61 bits per heavy atom. The molecule has 0 aliphatic heterocycles. The molecule has 0 saturated carbocycles. The molecule has 0 fully saturated rings. The topological polar surface area (TPSA) is 64.3 Å². The lowest BCUT2D eigenvalue weighted by Gasteiger charge is -2.13. The van der Waals surface area contributed by atoms with Gasteiger partial charge in [0.05, 0.1) is 11.4 Å². The lowest BCUT2D eigenvalue weighted by molar-refractivity contribution is -0.117. The average Bonchev–Trinajstić information content (AvgIpc) is 2.26. The van der Waals surface area contributed by atoms with Crippen molar-refractivity contribution in [2.45, 2.75) is 27.2 Å². The van der Waals surface area contributed by atoms with Crippen LogP contribution in [-0.4, -0.2) is 19.6 Å². The minimum absolute atomic E-state index is 0.0329. The SMILES string of the molecule is COCC(C)CC(=O)Nc1cc(C)c(C)cc1N. The van der Waals surface area contributed by atoms with Crippen LogP contribution in [0.1, 0.15) is 24.5 Å². The molecule has 0 saturated heterocycles. The summed E-state index contributed by atoms with van der Waals surface area (Å²) in [5.41, 5.74) is 9.42. The minimum Gasteiger partial charge on any atom is -0.397 e. The van der Waals surface area contributed by atoms with Gasteiger partial charge in [-0.1, -0.05) is 6.92 Å². The molecule has 100 valence electrons. The molecule has 0 heterocycles. The van der Waals surface area contributed by atoms with Gasteiger partial charge in [0.1, 0.15) is 0 Å². The quantitative estimate of drug-likeness (QED) is 0.789. The van der Waals surface area contributed by atoms with E-state index in [1.165, 1.54) is 0 Å². The van der Waals surface area contributed by atoms with Gasteiger partial charge in [0.2, 0.25) is 5.91 Å². The number of ether oxygens (including phenoxy) is 1. The highest BCUT2D eigenvalue weighted by molar-refractivity contribution is 5.94. The summed E-state index contributed by atoms with van der Waals surface area (Å²) in [6.45, 7) is 6.55. The molecule has 0 spiro atoms. The summed E-state index contributed by atoms with van der Waals surface area (Å²) in [7, 11) is 1.63. The third kappa shape index (κ3) is 4.04. The van der Waals surface area contributed by atoms with Gasteiger partial charge < -0.3 is 15.8 Å². The first-order chi connectivity index (χ1) is 8.43. The number of hydrogen-bond donors (Lipinski definition) is 2. The Morgan fingerprint density at radius 2 is 2.00 bits per heavy atom. The number of hydrogen-bond acceptors (Lipinski definition) is 3. The van der Waals surface area contributed by atoms with Crippen molar-refractivity contribution in [1.82, 2.24) is 0 Å². The zero-order chi connectivity index (χ0) is 13.7. The standard InChI is InChI=1S/C14H22N2O2/c1-9(8-18-4)5-14(17)16-13-7-11(3)10(2)6-12(13)15/h6-7,9H,5,8,15H2,1-4H3,(H,16,17). The van der Waals surface area contributed by atoms with Crippen molar-refractivity contribution in [3.63, 3.8) is 0 Å². The molecule has 0 aliphatic rings. The second-order valence-electron chi connectivity index (χ2n) is 4.84. The van der Waals surface area contributed by atoms with Gasteiger partial charge in [-0.2, -0.15) is 0 Å². The van der Waals surface area contributed by atoms with E-state index >= 15 is 0 Å². The lowest BCUT2D eigenvalue weighted by Crippen LogP contribution is -2.18. The maximum absolute atomic E-state index is 11.8. The number of anilines is 2. The number of methoxy groups -OCH3 is 1. The summed E-state index contributed by atoms with van der Waals surface area (Å²) in [6, 6.07) is 3.78. The number of carbonyl (C=O) groups is 1. The second-order valence-corrected chi connectivity index (χ2v) is 4.84. The van der Waals surface area contributed by atoms with Crippen LogP contribution in [0.2, 0.25) is 0 Å². The molecule has 4 nitrogen and oxygen atoms in total. The number of nitrogens with two attached hydrogens (primary N) is 1. The van der Waals surface area contributed by atoms with Crippen LogP contribution in [0.3, 0.4) is 0 Å². The number of nitrogens with one attached hydrogen (secondary N) is 1. The lowest BCUT2D eigenvalue weighted by atomic mass is 10.1. The van der Waals surface area contributed by atoms with Crippen molar-refractivity contribution in [1.29, 1.82) is 0 Å². The molecule has 1 rings (SSSR count). The summed E-state index contributed by atoms with van der Waals surface area (Å²) in [4.78, 5) is 11.8. The van der Waals surface area contributed by atoms with Crippen molar-refractivity contribution in [2.24, 2.45) is 5.92 Å².